The maximum atomic E-state index is 12.1. The summed E-state index contributed by atoms with van der Waals surface area (Å²) in [7, 11) is 2.92. The molecule has 0 aromatic rings. The van der Waals surface area contributed by atoms with E-state index in [1.807, 2.05) is 0 Å². The summed E-state index contributed by atoms with van der Waals surface area (Å²) in [6.45, 7) is 0.745. The molecule has 1 saturated heterocycles. The number of hydrogen-bond donors (Lipinski definition) is 2. The van der Waals surface area contributed by atoms with E-state index in [0.29, 0.717) is 6.61 Å². The molecule has 3 amide bonds. The highest BCUT2D eigenvalue weighted by molar-refractivity contribution is 6.54. The Morgan fingerprint density at radius 3 is 2.55 bits per heavy atom. The fourth-order valence-corrected chi connectivity index (χ4v) is 1.77. The number of carbonyl (C=O) groups is 3. The van der Waals surface area contributed by atoms with Crippen LogP contribution < -0.4 is 11.2 Å². The lowest BCUT2D eigenvalue weighted by atomic mass is 10.1. The molecule has 1 atom stereocenters. The van der Waals surface area contributed by atoms with E-state index >= 15 is 0 Å². The van der Waals surface area contributed by atoms with Gasteiger partial charge in [-0.3, -0.25) is 19.3 Å². The molecule has 1 rings (SSSR count). The maximum absolute atomic E-state index is 12.1. The van der Waals surface area contributed by atoms with Gasteiger partial charge in [-0.15, -0.1) is 0 Å². The molecule has 0 spiro atoms. The Morgan fingerprint density at radius 1 is 1.35 bits per heavy atom. The molecule has 0 aliphatic carbocycles. The minimum Gasteiger partial charge on any atom is -0.383 e. The van der Waals surface area contributed by atoms with Crippen LogP contribution in [0.15, 0.2) is 5.10 Å². The number of methoxy groups -OCH3 is 2. The zero-order valence-corrected chi connectivity index (χ0v) is 11.4. The van der Waals surface area contributed by atoms with Crippen molar-refractivity contribution in [1.29, 1.82) is 0 Å². The number of nitrogens with one attached hydrogen (secondary N) is 1. The van der Waals surface area contributed by atoms with Crippen LogP contribution in [0.25, 0.3) is 0 Å². The second-order valence-corrected chi connectivity index (χ2v) is 4.02. The zero-order chi connectivity index (χ0) is 15.1. The number of amides is 3. The fourth-order valence-electron chi connectivity index (χ4n) is 1.77. The third-order valence-electron chi connectivity index (χ3n) is 2.78. The second-order valence-electron chi connectivity index (χ2n) is 4.02. The Balaban J connectivity index is 2.81. The molecule has 0 aromatic carbocycles. The normalized spacial score (nSPS) is 20.8. The Kier molecular flexibility index (Phi) is 6.07. The molecule has 0 aromatic heterocycles. The van der Waals surface area contributed by atoms with Gasteiger partial charge in [0.25, 0.3) is 5.91 Å². The smallest absolute Gasteiger partial charge is 0.278 e. The van der Waals surface area contributed by atoms with Crippen LogP contribution in [0.3, 0.4) is 0 Å². The molecule has 1 fully saturated rings. The summed E-state index contributed by atoms with van der Waals surface area (Å²) >= 11 is 0. The lowest BCUT2D eigenvalue weighted by molar-refractivity contribution is -0.141. The van der Waals surface area contributed by atoms with Crippen molar-refractivity contribution in [2.75, 3.05) is 40.5 Å². The lowest BCUT2D eigenvalue weighted by Crippen LogP contribution is -2.40. The number of rotatable bonds is 7. The topological polar surface area (TPSA) is 123 Å². The largest absolute Gasteiger partial charge is 0.383 e. The van der Waals surface area contributed by atoms with Gasteiger partial charge >= 0.3 is 0 Å². The van der Waals surface area contributed by atoms with Gasteiger partial charge < -0.3 is 20.6 Å². The van der Waals surface area contributed by atoms with Gasteiger partial charge in [-0.2, -0.15) is 5.10 Å². The third-order valence-corrected chi connectivity index (χ3v) is 2.78. The van der Waals surface area contributed by atoms with Crippen LogP contribution in [0.1, 0.15) is 0 Å². The van der Waals surface area contributed by atoms with Gasteiger partial charge in [-0.25, -0.2) is 0 Å². The minimum absolute atomic E-state index is 0.0506. The molecule has 9 nitrogen and oxygen atoms in total. The second kappa shape index (κ2) is 7.56. The van der Waals surface area contributed by atoms with E-state index in [0.717, 1.165) is 4.90 Å². The average Bonchev–Trinajstić information content (AvgIpc) is 2.67. The molecular formula is C11H18N4O5. The first-order chi connectivity index (χ1) is 9.58. The molecule has 20 heavy (non-hydrogen) atoms. The Morgan fingerprint density at radius 2 is 2.00 bits per heavy atom. The van der Waals surface area contributed by atoms with Gasteiger partial charge in [0.2, 0.25) is 11.8 Å². The molecule has 9 heteroatoms. The van der Waals surface area contributed by atoms with Crippen molar-refractivity contribution in [2.24, 2.45) is 16.9 Å². The number of ether oxygens (including phenoxy) is 2. The summed E-state index contributed by atoms with van der Waals surface area (Å²) < 4.78 is 9.59. The van der Waals surface area contributed by atoms with Crippen molar-refractivity contribution in [3.63, 3.8) is 0 Å². The van der Waals surface area contributed by atoms with E-state index in [9.17, 15) is 14.4 Å². The van der Waals surface area contributed by atoms with E-state index in [4.69, 9.17) is 15.3 Å². The molecule has 0 saturated carbocycles. The monoisotopic (exact) mass is 286 g/mol. The van der Waals surface area contributed by atoms with Gasteiger partial charge in [0, 0.05) is 20.8 Å². The first-order valence-corrected chi connectivity index (χ1v) is 5.97. The van der Waals surface area contributed by atoms with Crippen LogP contribution in [0.2, 0.25) is 0 Å². The van der Waals surface area contributed by atoms with E-state index in [1.54, 1.807) is 0 Å². The highest BCUT2D eigenvalue weighted by Gasteiger charge is 2.48. The third kappa shape index (κ3) is 3.31. The predicted octanol–water partition coefficient (Wildman–Crippen LogP) is -2.30. The molecule has 0 radical (unpaired) electrons. The van der Waals surface area contributed by atoms with Crippen molar-refractivity contribution < 1.29 is 23.9 Å². The van der Waals surface area contributed by atoms with Gasteiger partial charge in [0.1, 0.15) is 5.71 Å². The first kappa shape index (κ1) is 16.1. The Labute approximate surface area is 116 Å². The molecular weight excluding hydrogens is 268 g/mol. The first-order valence-electron chi connectivity index (χ1n) is 5.97. The minimum atomic E-state index is -1.30. The molecule has 0 bridgehead atoms. The summed E-state index contributed by atoms with van der Waals surface area (Å²) in [5, 5.41) is 5.77. The molecule has 112 valence electrons. The number of imide groups is 1. The summed E-state index contributed by atoms with van der Waals surface area (Å²) in [6.07, 6.45) is 0. The molecule has 1 aliphatic heterocycles. The summed E-state index contributed by atoms with van der Waals surface area (Å²) in [4.78, 5) is 36.9. The van der Waals surface area contributed by atoms with Crippen molar-refractivity contribution in [2.45, 2.75) is 0 Å². The summed E-state index contributed by atoms with van der Waals surface area (Å²) in [5.74, 6) is 1.87. The highest BCUT2D eigenvalue weighted by Crippen LogP contribution is 2.17. The van der Waals surface area contributed by atoms with Crippen molar-refractivity contribution in [3.05, 3.63) is 0 Å². The van der Waals surface area contributed by atoms with Crippen molar-refractivity contribution >= 4 is 23.4 Å². The van der Waals surface area contributed by atoms with Gasteiger partial charge in [-0.1, -0.05) is 0 Å². The molecule has 1 aliphatic rings. The summed E-state index contributed by atoms with van der Waals surface area (Å²) in [6, 6.07) is 0. The maximum Gasteiger partial charge on any atom is 0.278 e. The number of hydrazone groups is 1. The van der Waals surface area contributed by atoms with E-state index in [-0.39, 0.29) is 25.4 Å². The summed E-state index contributed by atoms with van der Waals surface area (Å²) in [5.41, 5.74) is -0.263. The van der Waals surface area contributed by atoms with E-state index in [2.05, 4.69) is 10.4 Å². The van der Waals surface area contributed by atoms with Crippen LogP contribution in [0.5, 0.6) is 0 Å². The van der Waals surface area contributed by atoms with E-state index < -0.39 is 23.6 Å². The predicted molar refractivity (Wildman–Crippen MR) is 68.6 cm³/mol. The van der Waals surface area contributed by atoms with Gasteiger partial charge in [0.05, 0.1) is 19.8 Å². The van der Waals surface area contributed by atoms with Crippen molar-refractivity contribution in [1.82, 2.24) is 10.2 Å². The lowest BCUT2D eigenvalue weighted by Gasteiger charge is -2.13. The van der Waals surface area contributed by atoms with Crippen molar-refractivity contribution in [3.8, 4) is 0 Å². The number of hydrogen-bond acceptors (Lipinski definition) is 7. The zero-order valence-electron chi connectivity index (χ0n) is 11.4. The number of nitrogens with two attached hydrogens (primary N) is 1. The quantitative estimate of drug-likeness (QED) is 0.178. The average molecular weight is 286 g/mol. The van der Waals surface area contributed by atoms with Crippen LogP contribution in [-0.4, -0.2) is 68.9 Å². The standard InChI is InChI=1S/C11H18N4O5/c1-19-5-3-13-9(16)7-8(14-12)11(18)15(10(7)17)4-6-20-2/h7H,3-6,12H2,1-2H3,(H,13,16)/b14-8+/t7-/m1/s1. The highest BCUT2D eigenvalue weighted by atomic mass is 16.5. The SMILES string of the molecule is COCCNC(=O)[C@@H]1C(=O)N(CCOC)C(=O)/C1=N/N. The number of carbonyl (C=O) groups excluding carboxylic acids is 3. The molecule has 1 heterocycles. The van der Waals surface area contributed by atoms with Crippen LogP contribution in [-0.2, 0) is 23.9 Å². The van der Waals surface area contributed by atoms with Crippen LogP contribution in [0.4, 0.5) is 0 Å². The Hall–Kier alpha value is -2.00. The number of likely N-dealkylation sites (tertiary alicyclic amines) is 1. The molecule has 0 unspecified atom stereocenters. The van der Waals surface area contributed by atoms with Crippen LogP contribution in [0, 0.1) is 5.92 Å². The fraction of sp³-hybridized carbons (Fsp3) is 0.636. The molecule has 3 N–H and O–H groups in total. The van der Waals surface area contributed by atoms with Crippen LogP contribution >= 0.6 is 0 Å². The van der Waals surface area contributed by atoms with Gasteiger partial charge in [-0.05, 0) is 0 Å². The number of nitrogens with zero attached hydrogens (tertiary/aromatic N) is 2. The Bertz CT molecular complexity index is 423. The van der Waals surface area contributed by atoms with E-state index in [1.165, 1.54) is 14.2 Å². The van der Waals surface area contributed by atoms with Gasteiger partial charge in [0.15, 0.2) is 5.92 Å².